The van der Waals surface area contributed by atoms with Crippen LogP contribution in [0.1, 0.15) is 10.4 Å². The number of nitrogens with zero attached hydrogens (tertiary/aromatic N) is 2. The Morgan fingerprint density at radius 3 is 2.68 bits per heavy atom. The maximum absolute atomic E-state index is 12.0. The molecule has 1 amide bonds. The van der Waals surface area contributed by atoms with Gasteiger partial charge in [0.2, 0.25) is 0 Å². The number of anilines is 1. The van der Waals surface area contributed by atoms with Gasteiger partial charge in [-0.15, -0.1) is 0 Å². The number of aromatic nitrogens is 2. The Hall–Kier alpha value is -2.45. The lowest BCUT2D eigenvalue weighted by Gasteiger charge is -1.96. The van der Waals surface area contributed by atoms with Crippen molar-refractivity contribution >= 4 is 54.1 Å². The van der Waals surface area contributed by atoms with Gasteiger partial charge in [0.15, 0.2) is 5.13 Å². The van der Waals surface area contributed by atoms with Crippen LogP contribution in [0.4, 0.5) is 5.13 Å². The normalized spacial score (nSPS) is 11.1. The molecule has 0 unspecified atom stereocenters. The molecular formula is C14H9N3O3S2. The molecule has 3 aromatic heterocycles. The number of thiazole rings is 2. The van der Waals surface area contributed by atoms with Crippen molar-refractivity contribution in [3.63, 3.8) is 0 Å². The van der Waals surface area contributed by atoms with Crippen LogP contribution >= 0.6 is 22.7 Å². The van der Waals surface area contributed by atoms with Crippen molar-refractivity contribution in [1.82, 2.24) is 9.97 Å². The van der Waals surface area contributed by atoms with Gasteiger partial charge < -0.3 is 9.15 Å². The molecule has 22 heavy (non-hydrogen) atoms. The van der Waals surface area contributed by atoms with E-state index in [4.69, 9.17) is 9.15 Å². The summed E-state index contributed by atoms with van der Waals surface area (Å²) in [6, 6.07) is 5.40. The number of benzene rings is 1. The molecule has 0 saturated heterocycles. The zero-order valence-corrected chi connectivity index (χ0v) is 13.0. The molecule has 110 valence electrons. The first kappa shape index (κ1) is 13.2. The van der Waals surface area contributed by atoms with Gasteiger partial charge in [0, 0.05) is 0 Å². The van der Waals surface area contributed by atoms with Gasteiger partial charge in [-0.1, -0.05) is 22.7 Å². The fourth-order valence-electron chi connectivity index (χ4n) is 2.06. The summed E-state index contributed by atoms with van der Waals surface area (Å²) in [5.74, 6) is -0.245. The van der Waals surface area contributed by atoms with E-state index in [0.29, 0.717) is 15.9 Å². The van der Waals surface area contributed by atoms with E-state index in [1.807, 2.05) is 12.1 Å². The molecule has 0 aliphatic carbocycles. The number of carbonyl (C=O) groups is 1. The molecule has 4 rings (SSSR count). The minimum Gasteiger partial charge on any atom is -0.473 e. The van der Waals surface area contributed by atoms with Gasteiger partial charge >= 0.3 is 0 Å². The van der Waals surface area contributed by atoms with E-state index in [-0.39, 0.29) is 5.91 Å². The minimum atomic E-state index is -0.245. The number of rotatable bonds is 3. The molecule has 0 fully saturated rings. The van der Waals surface area contributed by atoms with Crippen molar-refractivity contribution in [2.75, 3.05) is 12.4 Å². The number of methoxy groups -OCH3 is 1. The summed E-state index contributed by atoms with van der Waals surface area (Å²) in [6.45, 7) is 0. The number of furan rings is 1. The summed E-state index contributed by atoms with van der Waals surface area (Å²) < 4.78 is 12.1. The van der Waals surface area contributed by atoms with E-state index in [9.17, 15) is 4.79 Å². The van der Waals surface area contributed by atoms with Gasteiger partial charge in [0.05, 0.1) is 39.4 Å². The first-order valence-corrected chi connectivity index (χ1v) is 7.95. The second-order valence-electron chi connectivity index (χ2n) is 4.43. The summed E-state index contributed by atoms with van der Waals surface area (Å²) in [5, 5.41) is 3.93. The Morgan fingerprint density at radius 1 is 1.18 bits per heavy atom. The third-order valence-electron chi connectivity index (χ3n) is 3.07. The van der Waals surface area contributed by atoms with E-state index in [0.717, 1.165) is 20.4 Å². The van der Waals surface area contributed by atoms with Crippen LogP contribution in [0.25, 0.3) is 20.4 Å². The van der Waals surface area contributed by atoms with Crippen molar-refractivity contribution in [2.24, 2.45) is 0 Å². The Labute approximate surface area is 132 Å². The van der Waals surface area contributed by atoms with E-state index >= 15 is 0 Å². The van der Waals surface area contributed by atoms with Crippen LogP contribution in [-0.2, 0) is 0 Å². The van der Waals surface area contributed by atoms with Crippen LogP contribution in [0.15, 0.2) is 35.1 Å². The third kappa shape index (κ3) is 2.13. The highest BCUT2D eigenvalue weighted by Crippen LogP contribution is 2.38. The van der Waals surface area contributed by atoms with Crippen LogP contribution < -0.4 is 10.1 Å². The van der Waals surface area contributed by atoms with Crippen molar-refractivity contribution in [3.8, 4) is 5.19 Å². The molecule has 6 nitrogen and oxygen atoms in total. The van der Waals surface area contributed by atoms with Crippen molar-refractivity contribution in [2.45, 2.75) is 0 Å². The third-order valence-corrected chi connectivity index (χ3v) is 5.25. The van der Waals surface area contributed by atoms with Crippen molar-refractivity contribution in [1.29, 1.82) is 0 Å². The first-order chi connectivity index (χ1) is 10.7. The highest BCUT2D eigenvalue weighted by molar-refractivity contribution is 7.29. The molecule has 0 spiro atoms. The number of ether oxygens (including phenoxy) is 1. The molecule has 0 saturated carbocycles. The van der Waals surface area contributed by atoms with Gasteiger partial charge in [0.25, 0.3) is 11.1 Å². The standard InChI is InChI=1S/C14H9N3O3S2/c1-19-14-16-9-3-2-8-10(11(9)22-14)21-13(15-8)17-12(18)7-4-5-20-6-7/h2-6H,1H3,(H,15,17,18). The summed E-state index contributed by atoms with van der Waals surface area (Å²) in [6.07, 6.45) is 2.86. The molecule has 0 bridgehead atoms. The van der Waals surface area contributed by atoms with Gasteiger partial charge in [-0.3, -0.25) is 10.1 Å². The number of fused-ring (bicyclic) bond motifs is 3. The predicted molar refractivity (Wildman–Crippen MR) is 86.0 cm³/mol. The molecule has 1 N–H and O–H groups in total. The van der Waals surface area contributed by atoms with Crippen LogP contribution in [0.3, 0.4) is 0 Å². The molecule has 0 aliphatic rings. The molecular weight excluding hydrogens is 322 g/mol. The molecule has 0 aliphatic heterocycles. The second kappa shape index (κ2) is 5.08. The van der Waals surface area contributed by atoms with Crippen LogP contribution in [0, 0.1) is 0 Å². The first-order valence-electron chi connectivity index (χ1n) is 6.32. The maximum atomic E-state index is 12.0. The summed E-state index contributed by atoms with van der Waals surface area (Å²) in [7, 11) is 1.60. The monoisotopic (exact) mass is 331 g/mol. The average Bonchev–Trinajstić information content (AvgIpc) is 3.24. The summed E-state index contributed by atoms with van der Waals surface area (Å²) in [4.78, 5) is 20.8. The lowest BCUT2D eigenvalue weighted by Crippen LogP contribution is -2.10. The Kier molecular flexibility index (Phi) is 3.05. The van der Waals surface area contributed by atoms with E-state index < -0.39 is 0 Å². The Balaban J connectivity index is 1.75. The smallest absolute Gasteiger partial charge is 0.274 e. The zero-order valence-electron chi connectivity index (χ0n) is 11.3. The van der Waals surface area contributed by atoms with Crippen LogP contribution in [-0.4, -0.2) is 23.0 Å². The van der Waals surface area contributed by atoms with Gasteiger partial charge in [-0.25, -0.2) is 9.97 Å². The molecule has 0 atom stereocenters. The van der Waals surface area contributed by atoms with Crippen LogP contribution in [0.2, 0.25) is 0 Å². The topological polar surface area (TPSA) is 77.3 Å². The number of nitrogens with one attached hydrogen (secondary N) is 1. The molecule has 8 heteroatoms. The minimum absolute atomic E-state index is 0.245. The molecule has 0 radical (unpaired) electrons. The number of amides is 1. The number of hydrogen-bond donors (Lipinski definition) is 1. The summed E-state index contributed by atoms with van der Waals surface area (Å²) in [5.41, 5.74) is 2.15. The molecule has 4 aromatic rings. The Morgan fingerprint density at radius 2 is 1.95 bits per heavy atom. The van der Waals surface area contributed by atoms with E-state index in [2.05, 4.69) is 15.3 Å². The Bertz CT molecular complexity index is 972. The fourth-order valence-corrected chi connectivity index (χ4v) is 4.02. The lowest BCUT2D eigenvalue weighted by atomic mass is 10.3. The van der Waals surface area contributed by atoms with E-state index in [1.165, 1.54) is 35.2 Å². The van der Waals surface area contributed by atoms with Crippen LogP contribution in [0.5, 0.6) is 5.19 Å². The maximum Gasteiger partial charge on any atom is 0.274 e. The van der Waals surface area contributed by atoms with E-state index in [1.54, 1.807) is 13.2 Å². The highest BCUT2D eigenvalue weighted by Gasteiger charge is 2.14. The summed E-state index contributed by atoms with van der Waals surface area (Å²) >= 11 is 2.88. The lowest BCUT2D eigenvalue weighted by molar-refractivity contribution is 0.102. The van der Waals surface area contributed by atoms with Gasteiger partial charge in [0.1, 0.15) is 6.26 Å². The highest BCUT2D eigenvalue weighted by atomic mass is 32.1. The SMILES string of the molecule is COc1nc2ccc3nc(NC(=O)c4ccoc4)sc3c2s1. The number of carbonyl (C=O) groups excluding carboxylic acids is 1. The second-order valence-corrected chi connectivity index (χ2v) is 6.39. The van der Waals surface area contributed by atoms with Crippen molar-refractivity contribution < 1.29 is 13.9 Å². The average molecular weight is 331 g/mol. The quantitative estimate of drug-likeness (QED) is 0.618. The van der Waals surface area contributed by atoms with Crippen molar-refractivity contribution in [3.05, 3.63) is 36.3 Å². The molecule has 1 aromatic carbocycles. The van der Waals surface area contributed by atoms with Gasteiger partial charge in [-0.05, 0) is 18.2 Å². The zero-order chi connectivity index (χ0) is 15.1. The fraction of sp³-hybridized carbons (Fsp3) is 0.0714. The number of hydrogen-bond acceptors (Lipinski definition) is 7. The predicted octanol–water partition coefficient (Wildman–Crippen LogP) is 3.76. The van der Waals surface area contributed by atoms with Gasteiger partial charge in [-0.2, -0.15) is 0 Å². The molecule has 3 heterocycles. The largest absolute Gasteiger partial charge is 0.473 e.